The van der Waals surface area contributed by atoms with E-state index in [0.717, 1.165) is 5.56 Å². The molecule has 0 unspecified atom stereocenters. The Morgan fingerprint density at radius 3 is 2.63 bits per heavy atom. The summed E-state index contributed by atoms with van der Waals surface area (Å²) in [6.07, 6.45) is 2.54. The quantitative estimate of drug-likeness (QED) is 0.579. The van der Waals surface area contributed by atoms with Crippen LogP contribution in [0.15, 0.2) is 53.6 Å². The van der Waals surface area contributed by atoms with Gasteiger partial charge in [-0.25, -0.2) is 13.1 Å². The number of benzene rings is 1. The van der Waals surface area contributed by atoms with Gasteiger partial charge < -0.3 is 15.2 Å². The Bertz CT molecular complexity index is 935. The van der Waals surface area contributed by atoms with Crippen LogP contribution in [0, 0.1) is 6.92 Å². The number of ether oxygens (including phenoxy) is 1. The van der Waals surface area contributed by atoms with E-state index in [0.29, 0.717) is 25.0 Å². The van der Waals surface area contributed by atoms with E-state index in [1.54, 1.807) is 48.7 Å². The van der Waals surface area contributed by atoms with Gasteiger partial charge in [-0.2, -0.15) is 0 Å². The maximum atomic E-state index is 12.4. The van der Waals surface area contributed by atoms with Gasteiger partial charge in [0, 0.05) is 12.7 Å². The average Bonchev–Trinajstić information content (AvgIpc) is 2.75. The lowest BCUT2D eigenvalue weighted by molar-refractivity contribution is -0.0891. The number of hydrogen-bond donors (Lipinski definition) is 3. The second-order valence-corrected chi connectivity index (χ2v) is 9.12. The Kier molecular flexibility index (Phi) is 7.54. The standard InChI is InChI=1S/C21H27N3O5S/c1-15-5-8-17(9-6-15)30(27,28)23-13-11-16-7-10-18(20(14-25)29-16)24-21(26)19-4-2-3-12-22-19/h2-6,8-9,12,16,18,20,23,25H,7,10-11,13-14H2,1H3,(H,24,26)/t16-,18-,20+/m1/s1. The van der Waals surface area contributed by atoms with Gasteiger partial charge in [0.25, 0.3) is 5.91 Å². The number of aromatic nitrogens is 1. The van der Waals surface area contributed by atoms with Crippen LogP contribution in [0.1, 0.15) is 35.3 Å². The fourth-order valence-electron chi connectivity index (χ4n) is 3.40. The van der Waals surface area contributed by atoms with E-state index in [1.807, 2.05) is 6.92 Å². The highest BCUT2D eigenvalue weighted by Crippen LogP contribution is 2.22. The molecule has 162 valence electrons. The molecule has 1 aliphatic heterocycles. The normalized spacial score (nSPS) is 21.9. The van der Waals surface area contributed by atoms with Crippen molar-refractivity contribution in [2.75, 3.05) is 13.2 Å². The van der Waals surface area contributed by atoms with Crippen molar-refractivity contribution in [2.45, 2.75) is 49.3 Å². The molecular weight excluding hydrogens is 406 g/mol. The van der Waals surface area contributed by atoms with Crippen molar-refractivity contribution in [1.82, 2.24) is 15.0 Å². The van der Waals surface area contributed by atoms with Gasteiger partial charge in [-0.1, -0.05) is 23.8 Å². The molecule has 2 heterocycles. The van der Waals surface area contributed by atoms with Crippen molar-refractivity contribution in [3.63, 3.8) is 0 Å². The second-order valence-electron chi connectivity index (χ2n) is 7.35. The van der Waals surface area contributed by atoms with Crippen molar-refractivity contribution in [1.29, 1.82) is 0 Å². The van der Waals surface area contributed by atoms with Crippen LogP contribution in [0.3, 0.4) is 0 Å². The molecule has 8 nitrogen and oxygen atoms in total. The molecule has 1 fully saturated rings. The second kappa shape index (κ2) is 10.1. The molecule has 3 rings (SSSR count). The highest BCUT2D eigenvalue weighted by Gasteiger charge is 2.32. The van der Waals surface area contributed by atoms with E-state index in [2.05, 4.69) is 15.0 Å². The van der Waals surface area contributed by atoms with E-state index in [1.165, 1.54) is 0 Å². The summed E-state index contributed by atoms with van der Waals surface area (Å²) in [7, 11) is -3.57. The Morgan fingerprint density at radius 1 is 1.20 bits per heavy atom. The fraction of sp³-hybridized carbons (Fsp3) is 0.429. The monoisotopic (exact) mass is 433 g/mol. The minimum atomic E-state index is -3.57. The zero-order chi connectivity index (χ0) is 21.6. The number of carbonyl (C=O) groups excluding carboxylic acids is 1. The fourth-order valence-corrected chi connectivity index (χ4v) is 4.45. The highest BCUT2D eigenvalue weighted by molar-refractivity contribution is 7.89. The number of nitrogens with one attached hydrogen (secondary N) is 2. The lowest BCUT2D eigenvalue weighted by Gasteiger charge is -2.36. The van der Waals surface area contributed by atoms with Crippen LogP contribution in [0.5, 0.6) is 0 Å². The number of carbonyl (C=O) groups is 1. The minimum Gasteiger partial charge on any atom is -0.394 e. The van der Waals surface area contributed by atoms with Crippen molar-refractivity contribution in [3.05, 3.63) is 59.9 Å². The Labute approximate surface area is 176 Å². The van der Waals surface area contributed by atoms with Gasteiger partial charge in [0.1, 0.15) is 11.8 Å². The van der Waals surface area contributed by atoms with Crippen molar-refractivity contribution in [3.8, 4) is 0 Å². The van der Waals surface area contributed by atoms with Gasteiger partial charge in [0.15, 0.2) is 0 Å². The van der Waals surface area contributed by atoms with Crippen LogP contribution in [-0.2, 0) is 14.8 Å². The topological polar surface area (TPSA) is 118 Å². The van der Waals surface area contributed by atoms with Crippen LogP contribution in [0.2, 0.25) is 0 Å². The molecule has 1 aromatic carbocycles. The molecule has 1 aliphatic rings. The van der Waals surface area contributed by atoms with Crippen molar-refractivity contribution >= 4 is 15.9 Å². The van der Waals surface area contributed by atoms with Crippen molar-refractivity contribution < 1.29 is 23.1 Å². The van der Waals surface area contributed by atoms with Crippen LogP contribution < -0.4 is 10.0 Å². The third-order valence-electron chi connectivity index (χ3n) is 5.10. The molecule has 0 saturated carbocycles. The Hall–Kier alpha value is -2.33. The van der Waals surface area contributed by atoms with Crippen LogP contribution >= 0.6 is 0 Å². The molecule has 2 aromatic rings. The Balaban J connectivity index is 1.49. The molecule has 3 atom stereocenters. The predicted octanol–water partition coefficient (Wildman–Crippen LogP) is 1.40. The van der Waals surface area contributed by atoms with E-state index < -0.39 is 16.1 Å². The SMILES string of the molecule is Cc1ccc(S(=O)(=O)NCC[C@H]2CC[C@@H](NC(=O)c3ccccn3)[C@H](CO)O2)cc1. The largest absolute Gasteiger partial charge is 0.394 e. The third-order valence-corrected chi connectivity index (χ3v) is 6.58. The average molecular weight is 434 g/mol. The first-order valence-corrected chi connectivity index (χ1v) is 11.4. The molecule has 9 heteroatoms. The van der Waals surface area contributed by atoms with E-state index in [-0.39, 0.29) is 36.1 Å². The first kappa shape index (κ1) is 22.4. The van der Waals surface area contributed by atoms with Crippen molar-refractivity contribution in [2.24, 2.45) is 0 Å². The number of nitrogens with zero attached hydrogens (tertiary/aromatic N) is 1. The molecule has 3 N–H and O–H groups in total. The van der Waals surface area contributed by atoms with E-state index >= 15 is 0 Å². The summed E-state index contributed by atoms with van der Waals surface area (Å²) in [4.78, 5) is 16.6. The zero-order valence-corrected chi connectivity index (χ0v) is 17.6. The van der Waals surface area contributed by atoms with Crippen LogP contribution in [0.25, 0.3) is 0 Å². The molecular formula is C21H27N3O5S. The highest BCUT2D eigenvalue weighted by atomic mass is 32.2. The van der Waals surface area contributed by atoms with Gasteiger partial charge in [0.2, 0.25) is 10.0 Å². The Morgan fingerprint density at radius 2 is 1.97 bits per heavy atom. The smallest absolute Gasteiger partial charge is 0.270 e. The number of hydrogen-bond acceptors (Lipinski definition) is 6. The van der Waals surface area contributed by atoms with E-state index in [9.17, 15) is 18.3 Å². The van der Waals surface area contributed by atoms with Crippen LogP contribution in [0.4, 0.5) is 0 Å². The number of aliphatic hydroxyl groups excluding tert-OH is 1. The van der Waals surface area contributed by atoms with Gasteiger partial charge in [-0.05, 0) is 50.5 Å². The summed E-state index contributed by atoms with van der Waals surface area (Å²) in [6.45, 7) is 1.89. The number of aryl methyl sites for hydroxylation is 1. The summed E-state index contributed by atoms with van der Waals surface area (Å²) in [5.74, 6) is -0.313. The van der Waals surface area contributed by atoms with Crippen LogP contribution in [-0.4, -0.2) is 55.8 Å². The number of sulfonamides is 1. The van der Waals surface area contributed by atoms with Gasteiger partial charge in [0.05, 0.1) is 23.6 Å². The summed E-state index contributed by atoms with van der Waals surface area (Å²) in [5.41, 5.74) is 1.30. The molecule has 0 radical (unpaired) electrons. The first-order chi connectivity index (χ1) is 14.4. The summed E-state index contributed by atoms with van der Waals surface area (Å²) < 4.78 is 33.2. The number of rotatable bonds is 8. The lowest BCUT2D eigenvalue weighted by Crippen LogP contribution is -2.51. The summed E-state index contributed by atoms with van der Waals surface area (Å²) >= 11 is 0. The van der Waals surface area contributed by atoms with E-state index in [4.69, 9.17) is 4.74 Å². The summed E-state index contributed by atoms with van der Waals surface area (Å²) in [5, 5.41) is 12.6. The maximum absolute atomic E-state index is 12.4. The molecule has 0 aliphatic carbocycles. The predicted molar refractivity (Wildman–Crippen MR) is 111 cm³/mol. The first-order valence-electron chi connectivity index (χ1n) is 9.93. The lowest BCUT2D eigenvalue weighted by atomic mass is 9.97. The zero-order valence-electron chi connectivity index (χ0n) is 16.8. The third kappa shape index (κ3) is 5.85. The minimum absolute atomic E-state index is 0.203. The molecule has 1 aromatic heterocycles. The molecule has 1 saturated heterocycles. The number of pyridine rings is 1. The molecule has 1 amide bonds. The number of aliphatic hydroxyl groups is 1. The van der Waals surface area contributed by atoms with Gasteiger partial charge in [-0.15, -0.1) is 0 Å². The maximum Gasteiger partial charge on any atom is 0.270 e. The van der Waals surface area contributed by atoms with Gasteiger partial charge >= 0.3 is 0 Å². The molecule has 30 heavy (non-hydrogen) atoms. The number of amides is 1. The van der Waals surface area contributed by atoms with Gasteiger partial charge in [-0.3, -0.25) is 9.78 Å². The molecule has 0 spiro atoms. The molecule has 0 bridgehead atoms. The summed E-state index contributed by atoms with van der Waals surface area (Å²) in [6, 6.07) is 11.4.